The summed E-state index contributed by atoms with van der Waals surface area (Å²) in [7, 11) is 0. The van der Waals surface area contributed by atoms with E-state index in [9.17, 15) is 10.1 Å². The number of aryl methyl sites for hydroxylation is 2. The van der Waals surface area contributed by atoms with Gasteiger partial charge < -0.3 is 0 Å². The van der Waals surface area contributed by atoms with E-state index in [1.807, 2.05) is 0 Å². The first kappa shape index (κ1) is 12.9. The topological polar surface area (TPSA) is 68.4 Å². The van der Waals surface area contributed by atoms with Crippen LogP contribution in [0, 0.1) is 10.1 Å². The van der Waals surface area contributed by atoms with Crippen LogP contribution < -0.4 is 0 Å². The number of aliphatic imine (C=N–C) groups is 1. The Kier molecular flexibility index (Phi) is 3.56. The molecule has 0 unspecified atom stereocenters. The van der Waals surface area contributed by atoms with Crippen molar-refractivity contribution in [3.8, 4) is 0 Å². The molecule has 0 fully saturated rings. The van der Waals surface area contributed by atoms with E-state index in [1.165, 1.54) is 35.5 Å². The second-order valence-electron chi connectivity index (χ2n) is 4.68. The third-order valence-corrected chi connectivity index (χ3v) is 4.33. The van der Waals surface area contributed by atoms with E-state index in [4.69, 9.17) is 0 Å². The Bertz CT molecular complexity index is 638. The first-order valence-corrected chi connectivity index (χ1v) is 7.31. The molecule has 0 aliphatic heterocycles. The van der Waals surface area contributed by atoms with Gasteiger partial charge in [0.2, 0.25) is 5.13 Å². The molecule has 1 aromatic carbocycles. The zero-order valence-electron chi connectivity index (χ0n) is 10.8. The van der Waals surface area contributed by atoms with Gasteiger partial charge in [-0.25, -0.2) is 9.98 Å². The number of non-ortho nitro benzene ring substituents is 1. The highest BCUT2D eigenvalue weighted by Crippen LogP contribution is 2.31. The molecule has 102 valence electrons. The minimum absolute atomic E-state index is 0.0897. The number of nitrogens with zero attached hydrogens (tertiary/aromatic N) is 3. The zero-order valence-corrected chi connectivity index (χ0v) is 11.6. The average Bonchev–Trinajstić information content (AvgIpc) is 2.88. The summed E-state index contributed by atoms with van der Waals surface area (Å²) in [5, 5.41) is 11.3. The van der Waals surface area contributed by atoms with E-state index in [-0.39, 0.29) is 5.69 Å². The highest BCUT2D eigenvalue weighted by Gasteiger charge is 2.14. The molecule has 2 aromatic rings. The van der Waals surface area contributed by atoms with Crippen LogP contribution in [0.3, 0.4) is 0 Å². The van der Waals surface area contributed by atoms with Crippen LogP contribution in [0.2, 0.25) is 0 Å². The van der Waals surface area contributed by atoms with Gasteiger partial charge in [0, 0.05) is 23.2 Å². The lowest BCUT2D eigenvalue weighted by molar-refractivity contribution is -0.384. The molecule has 0 radical (unpaired) electrons. The van der Waals surface area contributed by atoms with Gasteiger partial charge >= 0.3 is 0 Å². The lowest BCUT2D eigenvalue weighted by Gasteiger charge is -2.06. The van der Waals surface area contributed by atoms with Crippen molar-refractivity contribution in [3.05, 3.63) is 50.5 Å². The molecule has 0 amide bonds. The van der Waals surface area contributed by atoms with Gasteiger partial charge in [0.1, 0.15) is 0 Å². The van der Waals surface area contributed by atoms with Crippen LogP contribution >= 0.6 is 11.3 Å². The Labute approximate surface area is 120 Å². The van der Waals surface area contributed by atoms with E-state index < -0.39 is 4.92 Å². The quantitative estimate of drug-likeness (QED) is 0.491. The van der Waals surface area contributed by atoms with Crippen molar-refractivity contribution < 1.29 is 4.92 Å². The first-order chi connectivity index (χ1) is 9.72. The summed E-state index contributed by atoms with van der Waals surface area (Å²) in [6.45, 7) is 0. The fourth-order valence-corrected chi connectivity index (χ4v) is 3.20. The minimum atomic E-state index is -0.407. The summed E-state index contributed by atoms with van der Waals surface area (Å²) in [5.74, 6) is 0. The predicted octanol–water partition coefficient (Wildman–Crippen LogP) is 3.68. The van der Waals surface area contributed by atoms with E-state index in [2.05, 4.69) is 9.98 Å². The molecule has 0 spiro atoms. The summed E-state index contributed by atoms with van der Waals surface area (Å²) < 4.78 is 0. The number of aromatic nitrogens is 1. The zero-order chi connectivity index (χ0) is 13.9. The predicted molar refractivity (Wildman–Crippen MR) is 79.1 cm³/mol. The van der Waals surface area contributed by atoms with Gasteiger partial charge in [-0.2, -0.15) is 0 Å². The van der Waals surface area contributed by atoms with Gasteiger partial charge in [-0.1, -0.05) is 11.3 Å². The monoisotopic (exact) mass is 287 g/mol. The molecule has 1 aromatic heterocycles. The maximum atomic E-state index is 10.6. The summed E-state index contributed by atoms with van der Waals surface area (Å²) in [6, 6.07) is 6.34. The first-order valence-electron chi connectivity index (χ1n) is 6.49. The lowest BCUT2D eigenvalue weighted by Crippen LogP contribution is -1.98. The van der Waals surface area contributed by atoms with E-state index in [0.717, 1.165) is 23.5 Å². The molecule has 1 aliphatic carbocycles. The molecular weight excluding hydrogens is 274 g/mol. The Morgan fingerprint density at radius 2 is 2.00 bits per heavy atom. The molecule has 5 nitrogen and oxygen atoms in total. The van der Waals surface area contributed by atoms with Crippen molar-refractivity contribution in [3.63, 3.8) is 0 Å². The molecule has 6 heteroatoms. The number of fused-ring (bicyclic) bond motifs is 1. The van der Waals surface area contributed by atoms with Crippen molar-refractivity contribution in [2.75, 3.05) is 0 Å². The Balaban J connectivity index is 1.76. The molecule has 3 rings (SSSR count). The number of rotatable bonds is 3. The van der Waals surface area contributed by atoms with Crippen molar-refractivity contribution >= 4 is 28.4 Å². The van der Waals surface area contributed by atoms with Crippen LogP contribution in [0.25, 0.3) is 0 Å². The normalized spacial score (nSPS) is 14.4. The lowest BCUT2D eigenvalue weighted by atomic mass is 10.0. The summed E-state index contributed by atoms with van der Waals surface area (Å²) in [4.78, 5) is 20.4. The third-order valence-electron chi connectivity index (χ3n) is 3.26. The van der Waals surface area contributed by atoms with E-state index in [0.29, 0.717) is 0 Å². The molecule has 0 N–H and O–H groups in total. The number of nitro benzene ring substituents is 1. The third kappa shape index (κ3) is 2.75. The van der Waals surface area contributed by atoms with Gasteiger partial charge in [0.15, 0.2) is 0 Å². The molecule has 1 aliphatic rings. The van der Waals surface area contributed by atoms with Gasteiger partial charge in [-0.05, 0) is 43.4 Å². The fraction of sp³-hybridized carbons (Fsp3) is 0.286. The number of nitro groups is 1. The van der Waals surface area contributed by atoms with Crippen molar-refractivity contribution in [1.82, 2.24) is 4.98 Å². The summed E-state index contributed by atoms with van der Waals surface area (Å²) in [6.07, 6.45) is 6.32. The van der Waals surface area contributed by atoms with Crippen LogP contribution in [0.15, 0.2) is 29.3 Å². The smallest absolute Gasteiger partial charge is 0.258 e. The SMILES string of the molecule is O=[N+]([O-])c1ccc(/C=N/c2nc3c(s2)CCCC3)cc1. The van der Waals surface area contributed by atoms with Crippen LogP contribution in [0.1, 0.15) is 29.0 Å². The standard InChI is InChI=1S/C14H13N3O2S/c18-17(19)11-7-5-10(6-8-11)9-15-14-16-12-3-1-2-4-13(12)20-14/h5-9H,1-4H2/b15-9+. The Morgan fingerprint density at radius 1 is 1.25 bits per heavy atom. The summed E-state index contributed by atoms with van der Waals surface area (Å²) in [5.41, 5.74) is 2.12. The number of thiazole rings is 1. The molecule has 0 atom stereocenters. The van der Waals surface area contributed by atoms with E-state index >= 15 is 0 Å². The molecule has 0 saturated heterocycles. The minimum Gasteiger partial charge on any atom is -0.258 e. The Hall–Kier alpha value is -2.08. The molecule has 0 saturated carbocycles. The van der Waals surface area contributed by atoms with Crippen LogP contribution in [0.4, 0.5) is 10.8 Å². The summed E-state index contributed by atoms with van der Waals surface area (Å²) >= 11 is 1.65. The maximum absolute atomic E-state index is 10.6. The van der Waals surface area contributed by atoms with Gasteiger partial charge in [-0.3, -0.25) is 10.1 Å². The molecule has 0 bridgehead atoms. The largest absolute Gasteiger partial charge is 0.269 e. The molecule has 20 heavy (non-hydrogen) atoms. The number of benzene rings is 1. The Morgan fingerprint density at radius 3 is 2.70 bits per heavy atom. The number of hydrogen-bond donors (Lipinski definition) is 0. The highest BCUT2D eigenvalue weighted by atomic mass is 32.1. The van der Waals surface area contributed by atoms with Crippen molar-refractivity contribution in [1.29, 1.82) is 0 Å². The second kappa shape index (κ2) is 5.50. The second-order valence-corrected chi connectivity index (χ2v) is 5.74. The van der Waals surface area contributed by atoms with E-state index in [1.54, 1.807) is 29.7 Å². The van der Waals surface area contributed by atoms with Gasteiger partial charge in [-0.15, -0.1) is 0 Å². The van der Waals surface area contributed by atoms with Crippen LogP contribution in [0.5, 0.6) is 0 Å². The molecule has 1 heterocycles. The van der Waals surface area contributed by atoms with Gasteiger partial charge in [0.05, 0.1) is 10.6 Å². The number of hydrogen-bond acceptors (Lipinski definition) is 5. The fourth-order valence-electron chi connectivity index (χ4n) is 2.21. The van der Waals surface area contributed by atoms with Crippen LogP contribution in [-0.2, 0) is 12.8 Å². The van der Waals surface area contributed by atoms with Crippen molar-refractivity contribution in [2.24, 2.45) is 4.99 Å². The maximum Gasteiger partial charge on any atom is 0.269 e. The van der Waals surface area contributed by atoms with Crippen LogP contribution in [-0.4, -0.2) is 16.1 Å². The van der Waals surface area contributed by atoms with Gasteiger partial charge in [0.25, 0.3) is 5.69 Å². The average molecular weight is 287 g/mol. The molecular formula is C14H13N3O2S. The van der Waals surface area contributed by atoms with Crippen molar-refractivity contribution in [2.45, 2.75) is 25.7 Å². The highest BCUT2D eigenvalue weighted by molar-refractivity contribution is 7.15.